The molecule has 0 unspecified atom stereocenters. The lowest BCUT2D eigenvalue weighted by atomic mass is 10.2. The summed E-state index contributed by atoms with van der Waals surface area (Å²) in [6, 6.07) is 6.25. The Morgan fingerprint density at radius 1 is 1.57 bits per heavy atom. The molecule has 0 fully saturated rings. The predicted octanol–water partition coefficient (Wildman–Crippen LogP) is 2.69. The molecule has 0 saturated carbocycles. The molecule has 1 N–H and O–H groups in total. The van der Waals surface area contributed by atoms with Crippen LogP contribution in [0.5, 0.6) is 0 Å². The molecule has 2 nitrogen and oxygen atoms in total. The standard InChI is InChI=1S/C11H11FN2/c1-2-3-6-14-11-5-4-9(8-13)7-10(11)12/h2,4-5,7,14H,1,3,6H2. The normalized spacial score (nSPS) is 9.14. The van der Waals surface area contributed by atoms with Crippen LogP contribution in [0.3, 0.4) is 0 Å². The lowest BCUT2D eigenvalue weighted by molar-refractivity contribution is 0.629. The van der Waals surface area contributed by atoms with Crippen molar-refractivity contribution in [2.45, 2.75) is 6.42 Å². The second-order valence-electron chi connectivity index (χ2n) is 2.81. The van der Waals surface area contributed by atoms with Gasteiger partial charge in [-0.05, 0) is 24.6 Å². The zero-order chi connectivity index (χ0) is 10.4. The molecule has 1 aromatic carbocycles. The Labute approximate surface area is 82.7 Å². The van der Waals surface area contributed by atoms with Crippen LogP contribution in [0.2, 0.25) is 0 Å². The summed E-state index contributed by atoms with van der Waals surface area (Å²) in [5.41, 5.74) is 0.752. The minimum absolute atomic E-state index is 0.330. The first-order valence-electron chi connectivity index (χ1n) is 4.32. The number of hydrogen-bond donors (Lipinski definition) is 1. The molecule has 0 aliphatic heterocycles. The molecular weight excluding hydrogens is 179 g/mol. The molecule has 0 saturated heterocycles. The van der Waals surface area contributed by atoms with E-state index in [4.69, 9.17) is 5.26 Å². The minimum Gasteiger partial charge on any atom is -0.382 e. The van der Waals surface area contributed by atoms with Crippen LogP contribution in [0.15, 0.2) is 30.9 Å². The number of anilines is 1. The van der Waals surface area contributed by atoms with Crippen molar-refractivity contribution in [2.75, 3.05) is 11.9 Å². The van der Waals surface area contributed by atoms with Gasteiger partial charge >= 0.3 is 0 Å². The Bertz CT molecular complexity index is 366. The van der Waals surface area contributed by atoms with Gasteiger partial charge in [0.15, 0.2) is 0 Å². The summed E-state index contributed by atoms with van der Waals surface area (Å²) in [5.74, 6) is -0.395. The Morgan fingerprint density at radius 2 is 2.36 bits per heavy atom. The van der Waals surface area contributed by atoms with Crippen molar-refractivity contribution in [3.63, 3.8) is 0 Å². The topological polar surface area (TPSA) is 35.8 Å². The van der Waals surface area contributed by atoms with Crippen molar-refractivity contribution in [1.29, 1.82) is 5.26 Å². The molecule has 0 amide bonds. The molecule has 1 aromatic rings. The van der Waals surface area contributed by atoms with Gasteiger partial charge in [0.1, 0.15) is 5.82 Å². The Morgan fingerprint density at radius 3 is 2.93 bits per heavy atom. The van der Waals surface area contributed by atoms with Crippen LogP contribution in [-0.4, -0.2) is 6.54 Å². The third kappa shape index (κ3) is 2.60. The smallest absolute Gasteiger partial charge is 0.147 e. The highest BCUT2D eigenvalue weighted by atomic mass is 19.1. The second-order valence-corrected chi connectivity index (χ2v) is 2.81. The van der Waals surface area contributed by atoms with E-state index in [1.165, 1.54) is 6.07 Å². The van der Waals surface area contributed by atoms with E-state index in [1.54, 1.807) is 18.2 Å². The lowest BCUT2D eigenvalue weighted by Crippen LogP contribution is -2.02. The molecule has 0 spiro atoms. The average Bonchev–Trinajstić information content (AvgIpc) is 2.20. The average molecular weight is 190 g/mol. The number of nitrogens with one attached hydrogen (secondary N) is 1. The molecule has 1 rings (SSSR count). The first-order chi connectivity index (χ1) is 6.77. The first-order valence-corrected chi connectivity index (χ1v) is 4.32. The zero-order valence-corrected chi connectivity index (χ0v) is 7.76. The third-order valence-corrected chi connectivity index (χ3v) is 1.76. The van der Waals surface area contributed by atoms with Crippen molar-refractivity contribution < 1.29 is 4.39 Å². The molecule has 0 heterocycles. The highest BCUT2D eigenvalue weighted by molar-refractivity contribution is 5.48. The quantitative estimate of drug-likeness (QED) is 0.585. The van der Waals surface area contributed by atoms with E-state index in [2.05, 4.69) is 11.9 Å². The van der Waals surface area contributed by atoms with Gasteiger partial charge < -0.3 is 5.32 Å². The fraction of sp³-hybridized carbons (Fsp3) is 0.182. The molecule has 0 aliphatic rings. The number of hydrogen-bond acceptors (Lipinski definition) is 2. The summed E-state index contributed by atoms with van der Waals surface area (Å²) in [5, 5.41) is 11.4. The van der Waals surface area contributed by atoms with Crippen LogP contribution in [0.4, 0.5) is 10.1 Å². The fourth-order valence-electron chi connectivity index (χ4n) is 1.04. The maximum absolute atomic E-state index is 13.2. The van der Waals surface area contributed by atoms with Gasteiger partial charge in [-0.2, -0.15) is 5.26 Å². The second kappa shape index (κ2) is 5.03. The Hall–Kier alpha value is -1.82. The SMILES string of the molecule is C=CCCNc1ccc(C#N)cc1F. The number of rotatable bonds is 4. The first kappa shape index (κ1) is 10.3. The number of halogens is 1. The van der Waals surface area contributed by atoms with Crippen LogP contribution in [0.1, 0.15) is 12.0 Å². The van der Waals surface area contributed by atoms with Crippen LogP contribution in [0.25, 0.3) is 0 Å². The molecule has 0 radical (unpaired) electrons. The number of nitriles is 1. The Kier molecular flexibility index (Phi) is 3.69. The van der Waals surface area contributed by atoms with Crippen molar-refractivity contribution in [2.24, 2.45) is 0 Å². The van der Waals surface area contributed by atoms with Gasteiger partial charge in [-0.3, -0.25) is 0 Å². The summed E-state index contributed by atoms with van der Waals surface area (Å²) in [6.45, 7) is 4.21. The molecule has 0 bridgehead atoms. The van der Waals surface area contributed by atoms with E-state index in [9.17, 15) is 4.39 Å². The number of nitrogens with zero attached hydrogens (tertiary/aromatic N) is 1. The van der Waals surface area contributed by atoms with E-state index in [-0.39, 0.29) is 0 Å². The van der Waals surface area contributed by atoms with E-state index in [0.717, 1.165) is 6.42 Å². The summed E-state index contributed by atoms with van der Waals surface area (Å²) in [4.78, 5) is 0. The molecular formula is C11H11FN2. The van der Waals surface area contributed by atoms with E-state index in [1.807, 2.05) is 6.07 Å². The monoisotopic (exact) mass is 190 g/mol. The summed E-state index contributed by atoms with van der Waals surface area (Å²) < 4.78 is 13.2. The third-order valence-electron chi connectivity index (χ3n) is 1.76. The van der Waals surface area contributed by atoms with Crippen molar-refractivity contribution in [1.82, 2.24) is 0 Å². The van der Waals surface area contributed by atoms with Crippen LogP contribution >= 0.6 is 0 Å². The van der Waals surface area contributed by atoms with E-state index in [0.29, 0.717) is 17.8 Å². The predicted molar refractivity (Wildman–Crippen MR) is 54.4 cm³/mol. The molecule has 0 aromatic heterocycles. The van der Waals surface area contributed by atoms with Crippen LogP contribution in [0, 0.1) is 17.1 Å². The highest BCUT2D eigenvalue weighted by Gasteiger charge is 2.01. The Balaban J connectivity index is 2.70. The van der Waals surface area contributed by atoms with Gasteiger partial charge in [0.05, 0.1) is 17.3 Å². The zero-order valence-electron chi connectivity index (χ0n) is 7.76. The van der Waals surface area contributed by atoms with Crippen molar-refractivity contribution in [3.8, 4) is 6.07 Å². The largest absolute Gasteiger partial charge is 0.382 e. The molecule has 14 heavy (non-hydrogen) atoms. The maximum Gasteiger partial charge on any atom is 0.147 e. The van der Waals surface area contributed by atoms with Gasteiger partial charge in [-0.1, -0.05) is 6.08 Å². The molecule has 72 valence electrons. The fourth-order valence-corrected chi connectivity index (χ4v) is 1.04. The van der Waals surface area contributed by atoms with Gasteiger partial charge in [-0.25, -0.2) is 4.39 Å². The van der Waals surface area contributed by atoms with Crippen molar-refractivity contribution in [3.05, 3.63) is 42.2 Å². The summed E-state index contributed by atoms with van der Waals surface area (Å²) in [6.07, 6.45) is 2.54. The highest BCUT2D eigenvalue weighted by Crippen LogP contribution is 2.14. The number of benzene rings is 1. The van der Waals surface area contributed by atoms with Gasteiger partial charge in [0, 0.05) is 6.54 Å². The van der Waals surface area contributed by atoms with Gasteiger partial charge in [0.2, 0.25) is 0 Å². The molecule has 0 atom stereocenters. The van der Waals surface area contributed by atoms with E-state index >= 15 is 0 Å². The van der Waals surface area contributed by atoms with Gasteiger partial charge in [-0.15, -0.1) is 6.58 Å². The lowest BCUT2D eigenvalue weighted by Gasteiger charge is -2.05. The minimum atomic E-state index is -0.395. The van der Waals surface area contributed by atoms with Crippen LogP contribution < -0.4 is 5.32 Å². The maximum atomic E-state index is 13.2. The van der Waals surface area contributed by atoms with Gasteiger partial charge in [0.25, 0.3) is 0 Å². The summed E-state index contributed by atoms with van der Waals surface area (Å²) in [7, 11) is 0. The summed E-state index contributed by atoms with van der Waals surface area (Å²) >= 11 is 0. The molecule has 0 aliphatic carbocycles. The van der Waals surface area contributed by atoms with Crippen LogP contribution in [-0.2, 0) is 0 Å². The molecule has 3 heteroatoms. The van der Waals surface area contributed by atoms with E-state index < -0.39 is 5.82 Å². The van der Waals surface area contributed by atoms with Crippen molar-refractivity contribution >= 4 is 5.69 Å².